The lowest BCUT2D eigenvalue weighted by Crippen LogP contribution is -2.53. The summed E-state index contributed by atoms with van der Waals surface area (Å²) in [6, 6.07) is 14.7. The number of benzene rings is 3. The molecule has 0 unspecified atom stereocenters. The zero-order valence-corrected chi connectivity index (χ0v) is 25.0. The van der Waals surface area contributed by atoms with E-state index in [-0.39, 0.29) is 35.5 Å². The first-order chi connectivity index (χ1) is 18.8. The van der Waals surface area contributed by atoms with Gasteiger partial charge in [-0.2, -0.15) is 0 Å². The maximum absolute atomic E-state index is 14.0. The molecule has 0 radical (unpaired) electrons. The Morgan fingerprint density at radius 2 is 1.60 bits per heavy atom. The van der Waals surface area contributed by atoms with Crippen molar-refractivity contribution in [3.63, 3.8) is 0 Å². The first-order valence-corrected chi connectivity index (χ1v) is 14.9. The lowest BCUT2D eigenvalue weighted by molar-refractivity contribution is -0.140. The van der Waals surface area contributed by atoms with E-state index < -0.39 is 34.3 Å². The summed E-state index contributed by atoms with van der Waals surface area (Å²) in [5, 5.41) is 3.55. The van der Waals surface area contributed by atoms with E-state index in [1.807, 2.05) is 6.92 Å². The molecule has 0 aliphatic heterocycles. The van der Waals surface area contributed by atoms with Gasteiger partial charge in [0.2, 0.25) is 11.8 Å². The number of carbonyl (C=O) groups excluding carboxylic acids is 2. The first kappa shape index (κ1) is 31.4. The maximum Gasteiger partial charge on any atom is 0.264 e. The standard InChI is InChI=1S/C29H32Cl2FN3O4S/c1-5-27(29(37)33-19(2)3)34(17-21-8-9-22(30)16-26(21)31)28(36)18-35(24-12-6-20(4)7-13-24)40(38,39)25-14-10-23(32)11-15-25/h6-16,19,27H,5,17-18H2,1-4H3,(H,33,37)/t27-/m0/s1. The zero-order valence-electron chi connectivity index (χ0n) is 22.7. The molecule has 3 aromatic rings. The number of halogens is 3. The van der Waals surface area contributed by atoms with E-state index in [0.29, 0.717) is 15.6 Å². The Morgan fingerprint density at radius 1 is 0.975 bits per heavy atom. The number of sulfonamides is 1. The number of carbonyl (C=O) groups is 2. The summed E-state index contributed by atoms with van der Waals surface area (Å²) in [7, 11) is -4.30. The van der Waals surface area contributed by atoms with Crippen molar-refractivity contribution in [3.05, 3.63) is 93.7 Å². The molecule has 214 valence electrons. The topological polar surface area (TPSA) is 86.8 Å². The minimum absolute atomic E-state index is 0.0583. The van der Waals surface area contributed by atoms with Gasteiger partial charge in [-0.15, -0.1) is 0 Å². The molecule has 3 aromatic carbocycles. The second kappa shape index (κ2) is 13.5. The van der Waals surface area contributed by atoms with Gasteiger partial charge in [0.25, 0.3) is 10.0 Å². The fraction of sp³-hybridized carbons (Fsp3) is 0.310. The van der Waals surface area contributed by atoms with Crippen LogP contribution in [0.25, 0.3) is 0 Å². The SMILES string of the molecule is CC[C@@H](C(=O)NC(C)C)N(Cc1ccc(Cl)cc1Cl)C(=O)CN(c1ccc(C)cc1)S(=O)(=O)c1ccc(F)cc1. The van der Waals surface area contributed by atoms with E-state index in [1.165, 1.54) is 11.0 Å². The Kier molecular flexibility index (Phi) is 10.6. The van der Waals surface area contributed by atoms with Crippen molar-refractivity contribution in [2.45, 2.75) is 57.6 Å². The smallest absolute Gasteiger partial charge is 0.264 e. The molecule has 40 heavy (non-hydrogen) atoms. The van der Waals surface area contributed by atoms with E-state index in [2.05, 4.69) is 5.32 Å². The number of hydrogen-bond donors (Lipinski definition) is 1. The molecular formula is C29H32Cl2FN3O4S. The van der Waals surface area contributed by atoms with Crippen molar-refractivity contribution in [2.75, 3.05) is 10.8 Å². The summed E-state index contributed by atoms with van der Waals surface area (Å²) in [4.78, 5) is 28.3. The molecule has 0 heterocycles. The monoisotopic (exact) mass is 607 g/mol. The maximum atomic E-state index is 14.0. The molecular weight excluding hydrogens is 576 g/mol. The van der Waals surface area contributed by atoms with Crippen LogP contribution in [0.5, 0.6) is 0 Å². The predicted molar refractivity (Wildman–Crippen MR) is 156 cm³/mol. The minimum atomic E-state index is -4.30. The molecule has 3 rings (SSSR count). The van der Waals surface area contributed by atoms with Gasteiger partial charge in [-0.25, -0.2) is 12.8 Å². The summed E-state index contributed by atoms with van der Waals surface area (Å²) in [5.41, 5.74) is 1.68. The van der Waals surface area contributed by atoms with Crippen LogP contribution in [0.2, 0.25) is 10.0 Å². The summed E-state index contributed by atoms with van der Waals surface area (Å²) in [5.74, 6) is -1.59. The van der Waals surface area contributed by atoms with Gasteiger partial charge in [0.15, 0.2) is 0 Å². The van der Waals surface area contributed by atoms with Crippen molar-refractivity contribution in [3.8, 4) is 0 Å². The van der Waals surface area contributed by atoms with Crippen molar-refractivity contribution in [1.82, 2.24) is 10.2 Å². The first-order valence-electron chi connectivity index (χ1n) is 12.7. The van der Waals surface area contributed by atoms with Crippen LogP contribution in [0.15, 0.2) is 71.6 Å². The average molecular weight is 609 g/mol. The molecule has 7 nitrogen and oxygen atoms in total. The lowest BCUT2D eigenvalue weighted by Gasteiger charge is -2.33. The number of amides is 2. The predicted octanol–water partition coefficient (Wildman–Crippen LogP) is 5.97. The molecule has 0 aliphatic carbocycles. The fourth-order valence-corrected chi connectivity index (χ4v) is 5.99. The largest absolute Gasteiger partial charge is 0.352 e. The van der Waals surface area contributed by atoms with Crippen LogP contribution in [0.1, 0.15) is 38.3 Å². The number of anilines is 1. The van der Waals surface area contributed by atoms with Crippen LogP contribution < -0.4 is 9.62 Å². The van der Waals surface area contributed by atoms with E-state index in [4.69, 9.17) is 23.2 Å². The van der Waals surface area contributed by atoms with E-state index >= 15 is 0 Å². The Bertz CT molecular complexity index is 1450. The van der Waals surface area contributed by atoms with Crippen LogP contribution in [-0.2, 0) is 26.2 Å². The highest BCUT2D eigenvalue weighted by atomic mass is 35.5. The zero-order chi connectivity index (χ0) is 29.6. The molecule has 11 heteroatoms. The fourth-order valence-electron chi connectivity index (χ4n) is 4.11. The summed E-state index contributed by atoms with van der Waals surface area (Å²) in [6.07, 6.45) is 0.269. The number of aryl methyl sites for hydroxylation is 1. The van der Waals surface area contributed by atoms with Crippen molar-refractivity contribution < 1.29 is 22.4 Å². The Labute approximate surface area is 244 Å². The molecule has 1 atom stereocenters. The second-order valence-corrected chi connectivity index (χ2v) is 12.4. The highest BCUT2D eigenvalue weighted by molar-refractivity contribution is 7.92. The van der Waals surface area contributed by atoms with Gasteiger partial charge in [0, 0.05) is 22.6 Å². The summed E-state index contributed by atoms with van der Waals surface area (Å²) >= 11 is 12.5. The highest BCUT2D eigenvalue weighted by Gasteiger charge is 2.34. The van der Waals surface area contributed by atoms with Gasteiger partial charge >= 0.3 is 0 Å². The molecule has 2 amide bonds. The third-order valence-electron chi connectivity index (χ3n) is 6.18. The molecule has 0 spiro atoms. The second-order valence-electron chi connectivity index (χ2n) is 9.65. The van der Waals surface area contributed by atoms with E-state index in [9.17, 15) is 22.4 Å². The third kappa shape index (κ3) is 7.74. The van der Waals surface area contributed by atoms with E-state index in [1.54, 1.807) is 57.2 Å². The summed E-state index contributed by atoms with van der Waals surface area (Å²) < 4.78 is 42.1. The number of hydrogen-bond acceptors (Lipinski definition) is 4. The van der Waals surface area contributed by atoms with Crippen LogP contribution in [-0.4, -0.2) is 43.8 Å². The van der Waals surface area contributed by atoms with Gasteiger partial charge in [0.05, 0.1) is 10.6 Å². The normalized spacial score (nSPS) is 12.2. The quantitative estimate of drug-likeness (QED) is 0.291. The van der Waals surface area contributed by atoms with Gasteiger partial charge in [-0.05, 0) is 81.3 Å². The number of nitrogens with zero attached hydrogens (tertiary/aromatic N) is 2. The molecule has 0 saturated carbocycles. The van der Waals surface area contributed by atoms with Crippen LogP contribution >= 0.6 is 23.2 Å². The van der Waals surface area contributed by atoms with E-state index in [0.717, 1.165) is 34.1 Å². The van der Waals surface area contributed by atoms with Gasteiger partial charge in [0.1, 0.15) is 18.4 Å². The molecule has 1 N–H and O–H groups in total. The molecule has 0 saturated heterocycles. The van der Waals surface area contributed by atoms with Gasteiger partial charge < -0.3 is 10.2 Å². The minimum Gasteiger partial charge on any atom is -0.352 e. The highest BCUT2D eigenvalue weighted by Crippen LogP contribution is 2.27. The molecule has 0 fully saturated rings. The summed E-state index contributed by atoms with van der Waals surface area (Å²) in [6.45, 7) is 6.56. The van der Waals surface area contributed by atoms with Crippen molar-refractivity contribution >= 4 is 50.7 Å². The molecule has 0 aromatic heterocycles. The lowest BCUT2D eigenvalue weighted by atomic mass is 10.1. The van der Waals surface area contributed by atoms with Crippen LogP contribution in [0.3, 0.4) is 0 Å². The molecule has 0 aliphatic rings. The number of nitrogens with one attached hydrogen (secondary N) is 1. The van der Waals surface area contributed by atoms with Gasteiger partial charge in [-0.1, -0.05) is 53.9 Å². The van der Waals surface area contributed by atoms with Crippen LogP contribution in [0, 0.1) is 12.7 Å². The van der Waals surface area contributed by atoms with Gasteiger partial charge in [-0.3, -0.25) is 13.9 Å². The third-order valence-corrected chi connectivity index (χ3v) is 8.55. The molecule has 0 bridgehead atoms. The van der Waals surface area contributed by atoms with Crippen molar-refractivity contribution in [2.24, 2.45) is 0 Å². The Hall–Kier alpha value is -3.14. The van der Waals surface area contributed by atoms with Crippen molar-refractivity contribution in [1.29, 1.82) is 0 Å². The Balaban J connectivity index is 2.08. The van der Waals surface area contributed by atoms with Crippen LogP contribution in [0.4, 0.5) is 10.1 Å². The number of rotatable bonds is 11. The average Bonchev–Trinajstić information content (AvgIpc) is 2.88. The Morgan fingerprint density at radius 3 is 2.15 bits per heavy atom.